The Labute approximate surface area is 126 Å². The van der Waals surface area contributed by atoms with Crippen molar-refractivity contribution in [3.8, 4) is 5.75 Å². The zero-order valence-electron chi connectivity index (χ0n) is 12.9. The molecule has 1 unspecified atom stereocenters. The molecule has 21 heavy (non-hydrogen) atoms. The lowest BCUT2D eigenvalue weighted by Gasteiger charge is -2.17. The fraction of sp³-hybridized carbons (Fsp3) is 0.368. The SMILES string of the molecule is Cc1cc(C)c(C(O)c2cccc(OC3CC3)c2)cc1C. The van der Waals surface area contributed by atoms with Gasteiger partial charge in [0.25, 0.3) is 0 Å². The zero-order chi connectivity index (χ0) is 15.0. The first kappa shape index (κ1) is 14.2. The molecule has 1 N–H and O–H groups in total. The van der Waals surface area contributed by atoms with Gasteiger partial charge < -0.3 is 9.84 Å². The second-order valence-corrected chi connectivity index (χ2v) is 6.09. The molecule has 2 nitrogen and oxygen atoms in total. The summed E-state index contributed by atoms with van der Waals surface area (Å²) in [4.78, 5) is 0. The Bertz CT molecular complexity index is 657. The van der Waals surface area contributed by atoms with Crippen LogP contribution in [0.5, 0.6) is 5.75 Å². The molecule has 3 rings (SSSR count). The minimum atomic E-state index is -0.605. The number of aryl methyl sites for hydroxylation is 3. The van der Waals surface area contributed by atoms with E-state index in [0.29, 0.717) is 6.10 Å². The van der Waals surface area contributed by atoms with E-state index in [9.17, 15) is 5.11 Å². The topological polar surface area (TPSA) is 29.5 Å². The summed E-state index contributed by atoms with van der Waals surface area (Å²) in [7, 11) is 0. The normalized spacial score (nSPS) is 15.8. The molecule has 1 fully saturated rings. The molecule has 0 saturated heterocycles. The minimum Gasteiger partial charge on any atom is -0.490 e. The molecule has 2 aromatic rings. The predicted molar refractivity (Wildman–Crippen MR) is 84.8 cm³/mol. The smallest absolute Gasteiger partial charge is 0.120 e. The van der Waals surface area contributed by atoms with Crippen molar-refractivity contribution >= 4 is 0 Å². The average Bonchev–Trinajstić information content (AvgIpc) is 3.26. The quantitative estimate of drug-likeness (QED) is 0.909. The predicted octanol–water partition coefficient (Wildman–Crippen LogP) is 4.23. The highest BCUT2D eigenvalue weighted by Gasteiger charge is 2.24. The molecule has 0 aromatic heterocycles. The first-order valence-electron chi connectivity index (χ1n) is 7.57. The van der Waals surface area contributed by atoms with Gasteiger partial charge in [-0.1, -0.05) is 24.3 Å². The number of hydrogen-bond donors (Lipinski definition) is 1. The van der Waals surface area contributed by atoms with E-state index < -0.39 is 6.10 Å². The fourth-order valence-electron chi connectivity index (χ4n) is 2.59. The molecule has 0 radical (unpaired) electrons. The zero-order valence-corrected chi connectivity index (χ0v) is 12.9. The van der Waals surface area contributed by atoms with Crippen molar-refractivity contribution in [2.24, 2.45) is 0 Å². The molecule has 1 atom stereocenters. The standard InChI is InChI=1S/C19H22O2/c1-12-9-14(3)18(10-13(12)2)19(20)15-5-4-6-17(11-15)21-16-7-8-16/h4-6,9-11,16,19-20H,7-8H2,1-3H3. The largest absolute Gasteiger partial charge is 0.490 e. The highest BCUT2D eigenvalue weighted by molar-refractivity contribution is 5.42. The number of aliphatic hydroxyl groups is 1. The Hall–Kier alpha value is -1.80. The minimum absolute atomic E-state index is 0.376. The van der Waals surface area contributed by atoms with Crippen LogP contribution in [0.3, 0.4) is 0 Å². The maximum atomic E-state index is 10.7. The third kappa shape index (κ3) is 3.11. The summed E-state index contributed by atoms with van der Waals surface area (Å²) in [5, 5.41) is 10.7. The van der Waals surface area contributed by atoms with E-state index in [1.165, 1.54) is 11.1 Å². The molecule has 1 aliphatic carbocycles. The van der Waals surface area contributed by atoms with Gasteiger partial charge in [-0.25, -0.2) is 0 Å². The monoisotopic (exact) mass is 282 g/mol. The second kappa shape index (κ2) is 5.53. The van der Waals surface area contributed by atoms with Gasteiger partial charge in [0.2, 0.25) is 0 Å². The Kier molecular flexibility index (Phi) is 3.73. The Morgan fingerprint density at radius 2 is 1.71 bits per heavy atom. The summed E-state index contributed by atoms with van der Waals surface area (Å²) in [6, 6.07) is 12.0. The molecule has 0 spiro atoms. The van der Waals surface area contributed by atoms with Crippen LogP contribution in [0.1, 0.15) is 46.8 Å². The number of rotatable bonds is 4. The van der Waals surface area contributed by atoms with Gasteiger partial charge in [0, 0.05) is 0 Å². The van der Waals surface area contributed by atoms with Crippen LogP contribution in [0.4, 0.5) is 0 Å². The average molecular weight is 282 g/mol. The second-order valence-electron chi connectivity index (χ2n) is 6.09. The van der Waals surface area contributed by atoms with E-state index in [1.807, 2.05) is 24.3 Å². The van der Waals surface area contributed by atoms with Crippen LogP contribution in [-0.2, 0) is 0 Å². The maximum Gasteiger partial charge on any atom is 0.120 e. The lowest BCUT2D eigenvalue weighted by molar-refractivity contribution is 0.218. The van der Waals surface area contributed by atoms with Crippen molar-refractivity contribution in [3.05, 3.63) is 64.2 Å². The molecule has 0 bridgehead atoms. The number of benzene rings is 2. The molecule has 2 aromatic carbocycles. The first-order valence-corrected chi connectivity index (χ1v) is 7.57. The summed E-state index contributed by atoms with van der Waals surface area (Å²) < 4.78 is 5.81. The van der Waals surface area contributed by atoms with Crippen LogP contribution in [0.25, 0.3) is 0 Å². The van der Waals surface area contributed by atoms with Crippen molar-refractivity contribution in [2.45, 2.75) is 45.8 Å². The van der Waals surface area contributed by atoms with Crippen LogP contribution in [0.2, 0.25) is 0 Å². The van der Waals surface area contributed by atoms with E-state index in [0.717, 1.165) is 35.3 Å². The molecule has 0 amide bonds. The summed E-state index contributed by atoms with van der Waals surface area (Å²) in [5.41, 5.74) is 5.45. The van der Waals surface area contributed by atoms with Gasteiger partial charge >= 0.3 is 0 Å². The van der Waals surface area contributed by atoms with Gasteiger partial charge in [0.1, 0.15) is 11.9 Å². The Morgan fingerprint density at radius 1 is 1.00 bits per heavy atom. The number of ether oxygens (including phenoxy) is 1. The van der Waals surface area contributed by atoms with Gasteiger partial charge in [-0.3, -0.25) is 0 Å². The lowest BCUT2D eigenvalue weighted by atomic mass is 9.93. The van der Waals surface area contributed by atoms with Gasteiger partial charge in [-0.05, 0) is 73.6 Å². The summed E-state index contributed by atoms with van der Waals surface area (Å²) in [5.74, 6) is 0.857. The molecule has 0 heterocycles. The van der Waals surface area contributed by atoms with E-state index in [2.05, 4.69) is 32.9 Å². The summed E-state index contributed by atoms with van der Waals surface area (Å²) >= 11 is 0. The third-order valence-electron chi connectivity index (χ3n) is 4.18. The Balaban J connectivity index is 1.90. The van der Waals surface area contributed by atoms with Gasteiger partial charge in [-0.15, -0.1) is 0 Å². The molecular formula is C19H22O2. The van der Waals surface area contributed by atoms with Gasteiger partial charge in [0.15, 0.2) is 0 Å². The molecule has 1 saturated carbocycles. The van der Waals surface area contributed by atoms with Crippen molar-refractivity contribution < 1.29 is 9.84 Å². The van der Waals surface area contributed by atoms with Crippen LogP contribution >= 0.6 is 0 Å². The fourth-order valence-corrected chi connectivity index (χ4v) is 2.59. The third-order valence-corrected chi connectivity index (χ3v) is 4.18. The van der Waals surface area contributed by atoms with Crippen LogP contribution in [-0.4, -0.2) is 11.2 Å². The Morgan fingerprint density at radius 3 is 2.43 bits per heavy atom. The van der Waals surface area contributed by atoms with Gasteiger partial charge in [-0.2, -0.15) is 0 Å². The first-order chi connectivity index (χ1) is 10.0. The molecule has 1 aliphatic rings. The molecule has 0 aliphatic heterocycles. The van der Waals surface area contributed by atoms with Crippen molar-refractivity contribution in [1.29, 1.82) is 0 Å². The highest BCUT2D eigenvalue weighted by atomic mass is 16.5. The molecule has 2 heteroatoms. The molecular weight excluding hydrogens is 260 g/mol. The van der Waals surface area contributed by atoms with Gasteiger partial charge in [0.05, 0.1) is 6.10 Å². The van der Waals surface area contributed by atoms with Crippen LogP contribution in [0, 0.1) is 20.8 Å². The van der Waals surface area contributed by atoms with Crippen molar-refractivity contribution in [2.75, 3.05) is 0 Å². The summed E-state index contributed by atoms with van der Waals surface area (Å²) in [6.45, 7) is 6.23. The van der Waals surface area contributed by atoms with Crippen LogP contribution < -0.4 is 4.74 Å². The van der Waals surface area contributed by atoms with Crippen LogP contribution in [0.15, 0.2) is 36.4 Å². The number of aliphatic hydroxyl groups excluding tert-OH is 1. The van der Waals surface area contributed by atoms with Crippen molar-refractivity contribution in [1.82, 2.24) is 0 Å². The van der Waals surface area contributed by atoms with E-state index in [4.69, 9.17) is 4.74 Å². The molecule has 110 valence electrons. The van der Waals surface area contributed by atoms with E-state index in [-0.39, 0.29) is 0 Å². The van der Waals surface area contributed by atoms with E-state index in [1.54, 1.807) is 0 Å². The number of hydrogen-bond acceptors (Lipinski definition) is 2. The van der Waals surface area contributed by atoms with E-state index >= 15 is 0 Å². The lowest BCUT2D eigenvalue weighted by Crippen LogP contribution is -2.04. The highest BCUT2D eigenvalue weighted by Crippen LogP contribution is 2.31. The maximum absolute atomic E-state index is 10.7. The van der Waals surface area contributed by atoms with Crippen molar-refractivity contribution in [3.63, 3.8) is 0 Å². The summed E-state index contributed by atoms with van der Waals surface area (Å²) in [6.07, 6.45) is 2.05.